The molecule has 1 aromatic carbocycles. The van der Waals surface area contributed by atoms with Crippen molar-refractivity contribution in [3.8, 4) is 5.75 Å². The average Bonchev–Trinajstić information content (AvgIpc) is 3.09. The van der Waals surface area contributed by atoms with E-state index in [9.17, 15) is 14.9 Å². The van der Waals surface area contributed by atoms with Crippen LogP contribution in [0.2, 0.25) is 0 Å². The van der Waals surface area contributed by atoms with Gasteiger partial charge in [0.25, 0.3) is 5.69 Å². The van der Waals surface area contributed by atoms with E-state index in [0.29, 0.717) is 10.1 Å². The number of thiocarbonyl (C=S) groups is 1. The van der Waals surface area contributed by atoms with E-state index in [2.05, 4.69) is 10.2 Å². The summed E-state index contributed by atoms with van der Waals surface area (Å²) in [6.07, 6.45) is 2.23. The fourth-order valence-electron chi connectivity index (χ4n) is 2.32. The number of carbonyl (C=O) groups is 1. The molecule has 24 heavy (non-hydrogen) atoms. The van der Waals surface area contributed by atoms with Crippen LogP contribution >= 0.6 is 24.0 Å². The number of benzene rings is 1. The van der Waals surface area contributed by atoms with Crippen molar-refractivity contribution in [3.05, 3.63) is 28.3 Å². The minimum absolute atomic E-state index is 0.112. The smallest absolute Gasteiger partial charge is 0.271 e. The molecule has 1 aliphatic heterocycles. The lowest BCUT2D eigenvalue weighted by atomic mass is 10.2. The largest absolute Gasteiger partial charge is 0.495 e. The molecule has 0 aliphatic carbocycles. The third kappa shape index (κ3) is 4.57. The van der Waals surface area contributed by atoms with Gasteiger partial charge in [-0.05, 0) is 25.8 Å². The molecule has 0 radical (unpaired) electrons. The number of carbonyl (C=O) groups excluding carboxylic acids is 1. The SMILES string of the molecule is COc1ccc([N+](=O)[O-])cc1NC(=O)C(C)SC(=S)N1CCCC1. The van der Waals surface area contributed by atoms with Crippen molar-refractivity contribution in [1.82, 2.24) is 4.90 Å². The standard InChI is InChI=1S/C15H19N3O4S2/c1-10(24-15(23)17-7-3-4-8-17)14(19)16-12-9-11(18(20)21)5-6-13(12)22-2/h5-6,9-10H,3-4,7-8H2,1-2H3,(H,16,19). The van der Waals surface area contributed by atoms with Crippen LogP contribution in [-0.4, -0.2) is 45.5 Å². The average molecular weight is 369 g/mol. The number of non-ortho nitro benzene ring substituents is 1. The molecule has 1 atom stereocenters. The lowest BCUT2D eigenvalue weighted by Crippen LogP contribution is -2.29. The van der Waals surface area contributed by atoms with Crippen LogP contribution in [0.25, 0.3) is 0 Å². The quantitative estimate of drug-likeness (QED) is 0.485. The molecular weight excluding hydrogens is 350 g/mol. The number of nitro groups is 1. The predicted molar refractivity (Wildman–Crippen MR) is 98.7 cm³/mol. The Morgan fingerprint density at radius 3 is 2.71 bits per heavy atom. The van der Waals surface area contributed by atoms with E-state index < -0.39 is 10.2 Å². The Bertz CT molecular complexity index is 648. The Kier molecular flexibility index (Phi) is 6.38. The van der Waals surface area contributed by atoms with Gasteiger partial charge in [-0.2, -0.15) is 0 Å². The molecule has 2 rings (SSSR count). The number of nitrogens with zero attached hydrogens (tertiary/aromatic N) is 2. The molecule has 0 aromatic heterocycles. The van der Waals surface area contributed by atoms with E-state index in [1.807, 2.05) is 0 Å². The molecule has 1 aliphatic rings. The molecule has 130 valence electrons. The Morgan fingerprint density at radius 2 is 2.12 bits per heavy atom. The summed E-state index contributed by atoms with van der Waals surface area (Å²) < 4.78 is 5.85. The minimum Gasteiger partial charge on any atom is -0.495 e. The van der Waals surface area contributed by atoms with Crippen molar-refractivity contribution >= 4 is 45.6 Å². The summed E-state index contributed by atoms with van der Waals surface area (Å²) in [6, 6.07) is 4.07. The number of likely N-dealkylation sites (tertiary alicyclic amines) is 1. The lowest BCUT2D eigenvalue weighted by Gasteiger charge is -2.20. The Hall–Kier alpha value is -1.87. The Morgan fingerprint density at radius 1 is 1.46 bits per heavy atom. The first-order chi connectivity index (χ1) is 11.4. The van der Waals surface area contributed by atoms with E-state index in [1.165, 1.54) is 37.1 Å². The van der Waals surface area contributed by atoms with Crippen LogP contribution in [0, 0.1) is 10.1 Å². The van der Waals surface area contributed by atoms with Gasteiger partial charge in [-0.15, -0.1) is 0 Å². The van der Waals surface area contributed by atoms with Crippen molar-refractivity contribution in [1.29, 1.82) is 0 Å². The molecule has 1 N–H and O–H groups in total. The fourth-order valence-corrected chi connectivity index (χ4v) is 3.74. The van der Waals surface area contributed by atoms with E-state index in [-0.39, 0.29) is 17.3 Å². The van der Waals surface area contributed by atoms with Gasteiger partial charge in [0.15, 0.2) is 0 Å². The molecule has 7 nitrogen and oxygen atoms in total. The van der Waals surface area contributed by atoms with Crippen LogP contribution in [0.1, 0.15) is 19.8 Å². The summed E-state index contributed by atoms with van der Waals surface area (Å²) in [5.74, 6) is 0.0913. The summed E-state index contributed by atoms with van der Waals surface area (Å²) in [7, 11) is 1.44. The number of hydrogen-bond acceptors (Lipinski definition) is 6. The molecule has 0 spiro atoms. The summed E-state index contributed by atoms with van der Waals surface area (Å²) in [6.45, 7) is 3.62. The number of nitro benzene ring substituents is 1. The van der Waals surface area contributed by atoms with Gasteiger partial charge in [0, 0.05) is 25.2 Å². The summed E-state index contributed by atoms with van der Waals surface area (Å²) in [4.78, 5) is 24.8. The molecule has 9 heteroatoms. The van der Waals surface area contributed by atoms with Gasteiger partial charge in [0.05, 0.1) is 23.0 Å². The second-order valence-electron chi connectivity index (χ2n) is 5.35. The van der Waals surface area contributed by atoms with Crippen LogP contribution < -0.4 is 10.1 Å². The van der Waals surface area contributed by atoms with Gasteiger partial charge in [-0.1, -0.05) is 24.0 Å². The van der Waals surface area contributed by atoms with Crippen molar-refractivity contribution in [2.75, 3.05) is 25.5 Å². The second kappa shape index (κ2) is 8.29. The van der Waals surface area contributed by atoms with Crippen molar-refractivity contribution in [2.45, 2.75) is 25.0 Å². The highest BCUT2D eigenvalue weighted by molar-refractivity contribution is 8.23. The maximum absolute atomic E-state index is 12.4. The highest BCUT2D eigenvalue weighted by Gasteiger charge is 2.22. The van der Waals surface area contributed by atoms with Crippen molar-refractivity contribution in [3.63, 3.8) is 0 Å². The Balaban J connectivity index is 2.03. The molecule has 1 saturated heterocycles. The van der Waals surface area contributed by atoms with Crippen LogP contribution in [0.5, 0.6) is 5.75 Å². The van der Waals surface area contributed by atoms with Crippen LogP contribution in [-0.2, 0) is 4.79 Å². The van der Waals surface area contributed by atoms with Gasteiger partial charge in [-0.25, -0.2) is 0 Å². The molecule has 1 amide bonds. The van der Waals surface area contributed by atoms with Crippen LogP contribution in [0.4, 0.5) is 11.4 Å². The lowest BCUT2D eigenvalue weighted by molar-refractivity contribution is -0.384. The van der Waals surface area contributed by atoms with Gasteiger partial charge in [0.1, 0.15) is 10.1 Å². The number of thioether (sulfide) groups is 1. The molecule has 1 fully saturated rings. The first-order valence-corrected chi connectivity index (χ1v) is 8.80. The first-order valence-electron chi connectivity index (χ1n) is 7.51. The first kappa shape index (κ1) is 18.5. The summed E-state index contributed by atoms with van der Waals surface area (Å²) in [5, 5.41) is 13.2. The van der Waals surface area contributed by atoms with Crippen molar-refractivity contribution in [2.24, 2.45) is 0 Å². The zero-order valence-electron chi connectivity index (χ0n) is 13.5. The third-order valence-corrected chi connectivity index (χ3v) is 5.24. The van der Waals surface area contributed by atoms with E-state index in [1.54, 1.807) is 6.92 Å². The van der Waals surface area contributed by atoms with Crippen LogP contribution in [0.15, 0.2) is 18.2 Å². The minimum atomic E-state index is -0.518. The monoisotopic (exact) mass is 369 g/mol. The summed E-state index contributed by atoms with van der Waals surface area (Å²) in [5.41, 5.74) is 0.162. The summed E-state index contributed by atoms with van der Waals surface area (Å²) >= 11 is 6.69. The van der Waals surface area contributed by atoms with E-state index in [4.69, 9.17) is 17.0 Å². The van der Waals surface area contributed by atoms with Gasteiger partial charge < -0.3 is 15.0 Å². The second-order valence-corrected chi connectivity index (χ2v) is 7.33. The maximum atomic E-state index is 12.4. The Labute approximate surface area is 149 Å². The zero-order chi connectivity index (χ0) is 17.7. The van der Waals surface area contributed by atoms with E-state index in [0.717, 1.165) is 25.9 Å². The maximum Gasteiger partial charge on any atom is 0.271 e. The van der Waals surface area contributed by atoms with Gasteiger partial charge in [0.2, 0.25) is 5.91 Å². The van der Waals surface area contributed by atoms with Gasteiger partial charge in [-0.3, -0.25) is 14.9 Å². The zero-order valence-corrected chi connectivity index (χ0v) is 15.1. The molecule has 1 aromatic rings. The normalized spacial score (nSPS) is 15.0. The van der Waals surface area contributed by atoms with Crippen LogP contribution in [0.3, 0.4) is 0 Å². The molecule has 0 saturated carbocycles. The number of nitrogens with one attached hydrogen (secondary N) is 1. The van der Waals surface area contributed by atoms with E-state index >= 15 is 0 Å². The number of amides is 1. The third-order valence-electron chi connectivity index (χ3n) is 3.66. The molecule has 0 bridgehead atoms. The number of methoxy groups -OCH3 is 1. The van der Waals surface area contributed by atoms with Crippen molar-refractivity contribution < 1.29 is 14.5 Å². The highest BCUT2D eigenvalue weighted by Crippen LogP contribution is 2.30. The number of ether oxygens (including phenoxy) is 1. The molecule has 1 heterocycles. The highest BCUT2D eigenvalue weighted by atomic mass is 32.2. The predicted octanol–water partition coefficient (Wildman–Crippen LogP) is 3.04. The molecule has 1 unspecified atom stereocenters. The van der Waals surface area contributed by atoms with Gasteiger partial charge >= 0.3 is 0 Å². The number of rotatable bonds is 5. The fraction of sp³-hybridized carbons (Fsp3) is 0.467. The number of anilines is 1. The molecular formula is C15H19N3O4S2. The number of hydrogen-bond donors (Lipinski definition) is 1. The topological polar surface area (TPSA) is 84.7 Å².